The number of amides is 1. The van der Waals surface area contributed by atoms with Crippen molar-refractivity contribution in [3.8, 4) is 28.7 Å². The van der Waals surface area contributed by atoms with Gasteiger partial charge in [0, 0.05) is 207 Å². The van der Waals surface area contributed by atoms with Gasteiger partial charge < -0.3 is 97.9 Å². The minimum Gasteiger partial charge on any atom is -0.488 e. The largest absolute Gasteiger partial charge is 0.488 e. The molecule has 4 saturated carbocycles. The number of aromatic nitrogens is 14. The number of nitrogens with zero attached hydrogens (tertiary/aromatic N) is 19. The lowest BCUT2D eigenvalue weighted by Crippen LogP contribution is -2.44. The van der Waals surface area contributed by atoms with Gasteiger partial charge >= 0.3 is 0 Å². The van der Waals surface area contributed by atoms with Gasteiger partial charge in [-0.15, -0.1) is 0 Å². The van der Waals surface area contributed by atoms with Gasteiger partial charge in [-0.2, -0.15) is 0 Å². The van der Waals surface area contributed by atoms with Crippen molar-refractivity contribution in [3.63, 3.8) is 0 Å². The molecule has 0 bridgehead atoms. The van der Waals surface area contributed by atoms with Gasteiger partial charge in [0.05, 0.1) is 142 Å². The predicted molar refractivity (Wildman–Crippen MR) is 516 cm³/mol. The number of anilines is 8. The van der Waals surface area contributed by atoms with Crippen LogP contribution in [0.5, 0.6) is 28.7 Å². The molecule has 9 fully saturated rings. The zero-order chi connectivity index (χ0) is 91.4. The van der Waals surface area contributed by atoms with E-state index in [9.17, 15) is 4.79 Å². The highest BCUT2D eigenvalue weighted by atomic mass is 16.5. The molecule has 0 spiro atoms. The van der Waals surface area contributed by atoms with Crippen molar-refractivity contribution < 1.29 is 56.9 Å². The molecule has 134 heavy (non-hydrogen) atoms. The quantitative estimate of drug-likeness (QED) is 0.0316. The number of carbonyl (C=O) groups excluding carboxylic acids is 1. The third kappa shape index (κ3) is 26.2. The summed E-state index contributed by atoms with van der Waals surface area (Å²) in [5, 5.41) is 13.5. The van der Waals surface area contributed by atoms with Crippen molar-refractivity contribution in [3.05, 3.63) is 141 Å². The Labute approximate surface area is 783 Å². The van der Waals surface area contributed by atoms with Crippen LogP contribution >= 0.6 is 0 Å². The van der Waals surface area contributed by atoms with E-state index in [0.717, 1.165) is 341 Å². The van der Waals surface area contributed by atoms with E-state index in [2.05, 4.69) is 156 Å². The van der Waals surface area contributed by atoms with E-state index in [-0.39, 0.29) is 42.5 Å². The van der Waals surface area contributed by atoms with Crippen LogP contribution < -0.4 is 69.5 Å². The molecule has 1 amide bonds. The highest BCUT2D eigenvalue weighted by Gasteiger charge is 2.33. The minimum absolute atomic E-state index is 0.0429. The topological polar surface area (TPSA) is 363 Å². The van der Waals surface area contributed by atoms with Gasteiger partial charge in [-0.25, -0.2) is 49.8 Å². The molecule has 12 heterocycles. The molecule has 1 unspecified atom stereocenters. The Hall–Kier alpha value is -11.9. The van der Waals surface area contributed by atoms with Gasteiger partial charge in [-0.3, -0.25) is 24.7 Å². The van der Waals surface area contributed by atoms with E-state index in [1.165, 1.54) is 0 Å². The van der Waals surface area contributed by atoms with Crippen LogP contribution in [0, 0.1) is 0 Å². The molecule has 4 aliphatic carbocycles. The molecule has 0 radical (unpaired) electrons. The number of benzene rings is 4. The number of hydrogen-bond acceptors (Lipinski definition) is 34. The molecule has 20 rings (SSSR count). The third-order valence-corrected chi connectivity index (χ3v) is 26.0. The second-order valence-electron chi connectivity index (χ2n) is 35.6. The second kappa shape index (κ2) is 47.8. The van der Waals surface area contributed by atoms with Gasteiger partial charge in [-0.05, 0) is 166 Å². The molecular formula is C99H129N23O12. The van der Waals surface area contributed by atoms with E-state index >= 15 is 0 Å². The van der Waals surface area contributed by atoms with Crippen molar-refractivity contribution in [2.45, 2.75) is 203 Å². The van der Waals surface area contributed by atoms with Crippen LogP contribution in [0.15, 0.2) is 135 Å². The molecule has 4 aromatic carbocycles. The minimum atomic E-state index is -0.262. The Morgan fingerprint density at radius 1 is 0.396 bits per heavy atom. The number of ether oxygens (including phenoxy) is 11. The summed E-state index contributed by atoms with van der Waals surface area (Å²) in [5.41, 5.74) is 13.3. The maximum absolute atomic E-state index is 12.3. The SMILES string of the molecule is CCCCc1cnc2cc(N3CCOCC3)cc(OC3CCC(Nc4ncccn4)CC3)c2n1.CCOCCOc1cnc(NC2CCC(Oc3cc(N4CCOCC4)cc4nccnc34)CC2)nc1.CN(C)c1cnc(NC2CCC(Oc3cc(N4CCOCC4)cc4nccnc34)CC2)nc1.O=C(NC1CCC(Oc2cc(N3CCOCC3)cc3nccnc23)CC1)C1CCCO1. The lowest BCUT2D eigenvalue weighted by atomic mass is 9.92. The summed E-state index contributed by atoms with van der Waals surface area (Å²) in [6, 6.07) is 20.0. The number of aryl methyl sites for hydroxylation is 1. The molecule has 7 aromatic heterocycles. The Bertz CT molecular complexity index is 5470. The lowest BCUT2D eigenvalue weighted by molar-refractivity contribution is -0.131. The van der Waals surface area contributed by atoms with E-state index < -0.39 is 0 Å². The van der Waals surface area contributed by atoms with Crippen LogP contribution in [0.1, 0.15) is 148 Å². The number of hydrogen-bond donors (Lipinski definition) is 4. The van der Waals surface area contributed by atoms with Crippen LogP contribution in [-0.4, -0.2) is 276 Å². The zero-order valence-electron chi connectivity index (χ0n) is 77.8. The summed E-state index contributed by atoms with van der Waals surface area (Å²) in [6.07, 6.45) is 43.7. The number of fused-ring (bicyclic) bond motifs is 4. The monoisotopic (exact) mass is 1830 g/mol. The highest BCUT2D eigenvalue weighted by molar-refractivity contribution is 5.88. The molecule has 1 atom stereocenters. The molecule has 712 valence electrons. The van der Waals surface area contributed by atoms with Crippen molar-refractivity contribution in [1.29, 1.82) is 0 Å². The van der Waals surface area contributed by atoms with Crippen LogP contribution in [0.3, 0.4) is 0 Å². The first-order valence-corrected chi connectivity index (χ1v) is 48.5. The molecule has 4 N–H and O–H groups in total. The number of carbonyl (C=O) groups is 1. The Kier molecular flexibility index (Phi) is 33.5. The van der Waals surface area contributed by atoms with Gasteiger partial charge in [0.25, 0.3) is 0 Å². The van der Waals surface area contributed by atoms with E-state index in [1.54, 1.807) is 62.0 Å². The molecule has 5 aliphatic heterocycles. The molecule has 9 aliphatic rings. The van der Waals surface area contributed by atoms with Crippen LogP contribution in [0.2, 0.25) is 0 Å². The zero-order valence-corrected chi connectivity index (χ0v) is 77.8. The van der Waals surface area contributed by atoms with Crippen molar-refractivity contribution in [2.24, 2.45) is 0 Å². The highest BCUT2D eigenvalue weighted by Crippen LogP contribution is 2.40. The summed E-state index contributed by atoms with van der Waals surface area (Å²) in [5.74, 6) is 5.97. The normalized spacial score (nSPS) is 22.1. The Morgan fingerprint density at radius 3 is 1.15 bits per heavy atom. The van der Waals surface area contributed by atoms with Crippen LogP contribution in [0.4, 0.5) is 46.3 Å². The van der Waals surface area contributed by atoms with E-state index in [4.69, 9.17) is 62.1 Å². The second-order valence-corrected chi connectivity index (χ2v) is 35.6. The smallest absolute Gasteiger partial charge is 0.249 e. The fraction of sp³-hybridized carbons (Fsp3) is 0.545. The standard InChI is InChI=1S/C26H34N6O4.C26H34N6O2.C24H31N7O2.C23H30N4O4/c1-2-33-13-14-35-22-17-29-26(30-18-22)31-19-3-5-21(6-4-19)36-24-16-20(32-9-11-34-12-10-32)15-23-25(24)28-8-7-27-23;1-2-3-5-20-18-29-23-16-21(32-12-14-33-15-13-32)17-24(25(23)30-20)34-22-8-6-19(7-9-22)31-26-27-10-4-11-28-26;1-30(2)19-15-27-24(28-16-19)29-17-3-5-20(6-4-17)33-22-14-18(31-9-11-32-12-10-31)13-21-23(22)26-8-7-25-21;28-23(20-2-1-11-30-20)26-16-3-5-18(6-4-16)31-21-15-17(27-9-12-29-13-10-27)14-19-22(21)25-8-7-24-19/h7-8,15-19,21H,2-6,9-14H2,1H3,(H,29,30,31);4,10-11,16-19,22H,2-3,5-9,12-15H2,1H3,(H,27,28,31);7-8,13-17,20H,3-6,9-12H2,1-2H3,(H,27,28,29);7-8,14-16,18,20H,1-6,9-13H2,(H,26,28). The van der Waals surface area contributed by atoms with Crippen molar-refractivity contribution in [1.82, 2.24) is 75.1 Å². The van der Waals surface area contributed by atoms with E-state index in [1.807, 2.05) is 50.6 Å². The number of morpholine rings is 4. The average molecular weight is 1830 g/mol. The third-order valence-electron chi connectivity index (χ3n) is 26.0. The van der Waals surface area contributed by atoms with Gasteiger partial charge in [0.2, 0.25) is 23.8 Å². The Balaban J connectivity index is 0.000000125. The average Bonchev–Trinajstić information content (AvgIpc) is 0.813. The molecule has 5 saturated heterocycles. The fourth-order valence-corrected chi connectivity index (χ4v) is 18.5. The van der Waals surface area contributed by atoms with Gasteiger partial charge in [0.15, 0.2) is 5.75 Å². The predicted octanol–water partition coefficient (Wildman–Crippen LogP) is 13.5. The Morgan fingerprint density at radius 2 is 0.769 bits per heavy atom. The molecule has 35 heteroatoms. The molecule has 11 aromatic rings. The summed E-state index contributed by atoms with van der Waals surface area (Å²) in [6.45, 7) is 19.5. The fourth-order valence-electron chi connectivity index (χ4n) is 18.5. The first kappa shape index (κ1) is 93.9. The summed E-state index contributed by atoms with van der Waals surface area (Å²) < 4.78 is 64.6. The van der Waals surface area contributed by atoms with Gasteiger partial charge in [0.1, 0.15) is 57.8 Å². The maximum Gasteiger partial charge on any atom is 0.249 e. The number of unbranched alkanes of at least 4 members (excludes halogenated alkanes) is 1. The van der Waals surface area contributed by atoms with Crippen LogP contribution in [0.25, 0.3) is 44.1 Å². The summed E-state index contributed by atoms with van der Waals surface area (Å²) >= 11 is 0. The summed E-state index contributed by atoms with van der Waals surface area (Å²) in [7, 11) is 3.97. The first-order valence-electron chi connectivity index (χ1n) is 48.5. The number of nitrogens with one attached hydrogen (secondary N) is 4. The van der Waals surface area contributed by atoms with Crippen LogP contribution in [-0.2, 0) is 39.6 Å². The van der Waals surface area contributed by atoms with E-state index in [0.29, 0.717) is 68.1 Å². The van der Waals surface area contributed by atoms with Crippen molar-refractivity contribution >= 4 is 96.3 Å². The first-order chi connectivity index (χ1) is 66.0. The maximum atomic E-state index is 12.3. The number of rotatable bonds is 29. The van der Waals surface area contributed by atoms with Crippen molar-refractivity contribution in [2.75, 3.05) is 186 Å². The van der Waals surface area contributed by atoms with Gasteiger partial charge in [-0.1, -0.05) is 13.3 Å². The molecule has 35 nitrogen and oxygen atoms in total. The molecular weight excluding hydrogens is 1700 g/mol. The lowest BCUT2D eigenvalue weighted by Gasteiger charge is -2.31. The summed E-state index contributed by atoms with van der Waals surface area (Å²) in [4.78, 5) is 86.9.